The molecule has 0 amide bonds. The van der Waals surface area contributed by atoms with Gasteiger partial charge in [0.1, 0.15) is 6.10 Å². The fraction of sp³-hybridized carbons (Fsp3) is 0.692. The van der Waals surface area contributed by atoms with Crippen molar-refractivity contribution in [3.63, 3.8) is 0 Å². The lowest BCUT2D eigenvalue weighted by molar-refractivity contribution is -0.161. The Kier molecular flexibility index (Phi) is 3.58. The van der Waals surface area contributed by atoms with Crippen LogP contribution in [0.4, 0.5) is 0 Å². The van der Waals surface area contributed by atoms with Gasteiger partial charge in [-0.15, -0.1) is 0 Å². The van der Waals surface area contributed by atoms with Crippen LogP contribution in [0.5, 0.6) is 0 Å². The third kappa shape index (κ3) is 2.21. The topological polar surface area (TPSA) is 79.5 Å². The second-order valence-electron chi connectivity index (χ2n) is 4.93. The Labute approximate surface area is 106 Å². The molecule has 1 fully saturated rings. The zero-order chi connectivity index (χ0) is 13.3. The summed E-state index contributed by atoms with van der Waals surface area (Å²) in [6.45, 7) is 3.47. The number of allylic oxidation sites excluding steroid dienone is 1. The number of rotatable bonds is 4. The number of nitriles is 1. The van der Waals surface area contributed by atoms with Gasteiger partial charge in [0.25, 0.3) is 0 Å². The van der Waals surface area contributed by atoms with E-state index < -0.39 is 18.0 Å². The molecule has 3 unspecified atom stereocenters. The van der Waals surface area contributed by atoms with Gasteiger partial charge in [-0.3, -0.25) is 0 Å². The number of aliphatic hydroxyl groups excluding tert-OH is 1. The van der Waals surface area contributed by atoms with Crippen LogP contribution in [0.15, 0.2) is 11.3 Å². The molecule has 0 saturated carbocycles. The second-order valence-corrected chi connectivity index (χ2v) is 4.93. The minimum Gasteiger partial charge on any atom is -0.494 e. The molecular weight excluding hydrogens is 234 g/mol. The highest BCUT2D eigenvalue weighted by molar-refractivity contribution is 5.76. The summed E-state index contributed by atoms with van der Waals surface area (Å²) in [6.07, 6.45) is 0.100. The molecule has 2 rings (SSSR count). The Bertz CT molecular complexity index is 421. The summed E-state index contributed by atoms with van der Waals surface area (Å²) in [5, 5.41) is 18.9. The third-order valence-electron chi connectivity index (χ3n) is 3.31. The van der Waals surface area contributed by atoms with Gasteiger partial charge in [-0.05, 0) is 25.8 Å². The molecule has 0 aliphatic carbocycles. The molecule has 2 bridgehead atoms. The number of carbonyl (C=O) groups is 1. The maximum Gasteiger partial charge on any atom is 0.335 e. The molecule has 5 heteroatoms. The van der Waals surface area contributed by atoms with Gasteiger partial charge in [0.05, 0.1) is 30.3 Å². The smallest absolute Gasteiger partial charge is 0.335 e. The van der Waals surface area contributed by atoms with E-state index in [1.807, 2.05) is 0 Å². The monoisotopic (exact) mass is 251 g/mol. The minimum absolute atomic E-state index is 0.182. The van der Waals surface area contributed by atoms with E-state index in [-0.39, 0.29) is 18.6 Å². The number of ether oxygens (including phenoxy) is 2. The largest absolute Gasteiger partial charge is 0.494 e. The van der Waals surface area contributed by atoms with Crippen LogP contribution in [0, 0.1) is 17.2 Å². The first-order chi connectivity index (χ1) is 8.54. The van der Waals surface area contributed by atoms with E-state index in [1.165, 1.54) is 0 Å². The SMILES string of the molecule is CC(C)OC(=O)C(O)C1C(CC#N)=C2CCC1O2. The van der Waals surface area contributed by atoms with Gasteiger partial charge in [-0.2, -0.15) is 5.26 Å². The van der Waals surface area contributed by atoms with Crippen LogP contribution in [0.1, 0.15) is 33.1 Å². The summed E-state index contributed by atoms with van der Waals surface area (Å²) in [7, 11) is 0. The fourth-order valence-corrected chi connectivity index (χ4v) is 2.62. The predicted molar refractivity (Wildman–Crippen MR) is 62.1 cm³/mol. The van der Waals surface area contributed by atoms with E-state index in [0.717, 1.165) is 24.2 Å². The summed E-state index contributed by atoms with van der Waals surface area (Å²) in [5.41, 5.74) is 0.766. The first kappa shape index (κ1) is 12.9. The van der Waals surface area contributed by atoms with Crippen LogP contribution in [0.3, 0.4) is 0 Å². The standard InChI is InChI=1S/C13H17NO4/c1-7(2)17-13(16)12(15)11-8(5-6-14)9-3-4-10(11)18-9/h7,10-12,15H,3-5H2,1-2H3. The minimum atomic E-state index is -1.24. The highest BCUT2D eigenvalue weighted by atomic mass is 16.6. The first-order valence-corrected chi connectivity index (χ1v) is 6.18. The van der Waals surface area contributed by atoms with E-state index in [9.17, 15) is 9.90 Å². The predicted octanol–water partition coefficient (Wildman–Crippen LogP) is 1.28. The molecule has 1 saturated heterocycles. The van der Waals surface area contributed by atoms with Crippen molar-refractivity contribution in [1.29, 1.82) is 5.26 Å². The van der Waals surface area contributed by atoms with E-state index in [2.05, 4.69) is 6.07 Å². The Morgan fingerprint density at radius 2 is 2.39 bits per heavy atom. The van der Waals surface area contributed by atoms with Gasteiger partial charge in [0, 0.05) is 6.42 Å². The number of fused-ring (bicyclic) bond motifs is 2. The zero-order valence-electron chi connectivity index (χ0n) is 10.5. The number of hydrogen-bond donors (Lipinski definition) is 1. The maximum atomic E-state index is 11.7. The van der Waals surface area contributed by atoms with Gasteiger partial charge in [0.2, 0.25) is 0 Å². The lowest BCUT2D eigenvalue weighted by Gasteiger charge is -2.24. The Balaban J connectivity index is 2.13. The van der Waals surface area contributed by atoms with Crippen molar-refractivity contribution >= 4 is 5.97 Å². The number of esters is 1. The molecule has 18 heavy (non-hydrogen) atoms. The van der Waals surface area contributed by atoms with Crippen LogP contribution in [0.25, 0.3) is 0 Å². The molecule has 3 atom stereocenters. The first-order valence-electron chi connectivity index (χ1n) is 6.18. The number of hydrogen-bond acceptors (Lipinski definition) is 5. The molecule has 0 spiro atoms. The van der Waals surface area contributed by atoms with Crippen molar-refractivity contribution in [2.24, 2.45) is 5.92 Å². The van der Waals surface area contributed by atoms with Gasteiger partial charge < -0.3 is 14.6 Å². The quantitative estimate of drug-likeness (QED) is 0.761. The Morgan fingerprint density at radius 3 is 3.00 bits per heavy atom. The van der Waals surface area contributed by atoms with Gasteiger partial charge in [0.15, 0.2) is 6.10 Å². The van der Waals surface area contributed by atoms with Gasteiger partial charge in [-0.1, -0.05) is 0 Å². The van der Waals surface area contributed by atoms with Crippen LogP contribution in [-0.2, 0) is 14.3 Å². The summed E-state index contributed by atoms with van der Waals surface area (Å²) in [6, 6.07) is 2.06. The molecule has 5 nitrogen and oxygen atoms in total. The Hall–Kier alpha value is -1.54. The van der Waals surface area contributed by atoms with E-state index in [0.29, 0.717) is 0 Å². The second kappa shape index (κ2) is 4.99. The molecule has 0 aromatic heterocycles. The van der Waals surface area contributed by atoms with E-state index in [4.69, 9.17) is 14.7 Å². The van der Waals surface area contributed by atoms with Gasteiger partial charge in [-0.25, -0.2) is 4.79 Å². The summed E-state index contributed by atoms with van der Waals surface area (Å²) < 4.78 is 10.6. The van der Waals surface area contributed by atoms with Crippen molar-refractivity contribution < 1.29 is 19.4 Å². The van der Waals surface area contributed by atoms with Crippen LogP contribution in [0.2, 0.25) is 0 Å². The molecule has 2 heterocycles. The summed E-state index contributed by atoms with van der Waals surface area (Å²) >= 11 is 0. The average Bonchev–Trinajstić information content (AvgIpc) is 2.88. The Morgan fingerprint density at radius 1 is 1.67 bits per heavy atom. The van der Waals surface area contributed by atoms with Crippen molar-refractivity contribution in [1.82, 2.24) is 0 Å². The van der Waals surface area contributed by atoms with Crippen molar-refractivity contribution in [3.8, 4) is 6.07 Å². The molecule has 2 aliphatic heterocycles. The van der Waals surface area contributed by atoms with Crippen LogP contribution >= 0.6 is 0 Å². The van der Waals surface area contributed by atoms with Crippen molar-refractivity contribution in [2.75, 3.05) is 0 Å². The van der Waals surface area contributed by atoms with E-state index in [1.54, 1.807) is 13.8 Å². The molecule has 0 radical (unpaired) electrons. The summed E-state index contributed by atoms with van der Waals surface area (Å²) in [5.74, 6) is -0.273. The molecular formula is C13H17NO4. The zero-order valence-corrected chi connectivity index (χ0v) is 10.5. The average molecular weight is 251 g/mol. The van der Waals surface area contributed by atoms with E-state index >= 15 is 0 Å². The maximum absolute atomic E-state index is 11.7. The highest BCUT2D eigenvalue weighted by Crippen LogP contribution is 2.45. The normalized spacial score (nSPS) is 27.1. The fourth-order valence-electron chi connectivity index (χ4n) is 2.62. The molecule has 2 aliphatic rings. The third-order valence-corrected chi connectivity index (χ3v) is 3.31. The summed E-state index contributed by atoms with van der Waals surface area (Å²) in [4.78, 5) is 11.7. The molecule has 0 aromatic carbocycles. The van der Waals surface area contributed by atoms with Crippen LogP contribution < -0.4 is 0 Å². The highest BCUT2D eigenvalue weighted by Gasteiger charge is 2.47. The molecule has 98 valence electrons. The number of aliphatic hydroxyl groups is 1. The lowest BCUT2D eigenvalue weighted by Crippen LogP contribution is -2.38. The van der Waals surface area contributed by atoms with Gasteiger partial charge >= 0.3 is 5.97 Å². The molecule has 1 N–H and O–H groups in total. The van der Waals surface area contributed by atoms with Crippen LogP contribution in [-0.4, -0.2) is 29.4 Å². The number of nitrogens with zero attached hydrogens (tertiary/aromatic N) is 1. The van der Waals surface area contributed by atoms with Crippen molar-refractivity contribution in [2.45, 2.75) is 51.4 Å². The number of carbonyl (C=O) groups excluding carboxylic acids is 1. The molecule has 0 aromatic rings. The van der Waals surface area contributed by atoms with Crippen molar-refractivity contribution in [3.05, 3.63) is 11.3 Å². The lowest BCUT2D eigenvalue weighted by atomic mass is 9.82.